The maximum Gasteiger partial charge on any atom is 0.223 e. The van der Waals surface area contributed by atoms with Crippen molar-refractivity contribution >= 4 is 22.5 Å². The van der Waals surface area contributed by atoms with Gasteiger partial charge in [0.15, 0.2) is 0 Å². The molecule has 20 heavy (non-hydrogen) atoms. The Morgan fingerprint density at radius 3 is 2.90 bits per heavy atom. The number of fused-ring (bicyclic) bond motifs is 1. The molecule has 0 fully saturated rings. The lowest BCUT2D eigenvalue weighted by Gasteiger charge is -2.03. The zero-order chi connectivity index (χ0) is 13.9. The minimum atomic E-state index is 0.264. The smallest absolute Gasteiger partial charge is 0.223 e. The largest absolute Gasteiger partial charge is 0.272 e. The predicted molar refractivity (Wildman–Crippen MR) is 80.7 cm³/mol. The van der Waals surface area contributed by atoms with Gasteiger partial charge in [0.2, 0.25) is 5.28 Å². The molecule has 0 aliphatic rings. The molecule has 0 amide bonds. The third kappa shape index (κ3) is 2.51. The fourth-order valence-electron chi connectivity index (χ4n) is 2.20. The molecule has 3 aromatic rings. The number of nitrogens with zero attached hydrogens (tertiary/aromatic N) is 4. The monoisotopic (exact) mass is 286 g/mol. The summed E-state index contributed by atoms with van der Waals surface area (Å²) in [4.78, 5) is 8.61. The summed E-state index contributed by atoms with van der Waals surface area (Å²) >= 11 is 6.01. The van der Waals surface area contributed by atoms with Crippen LogP contribution in [-0.2, 0) is 6.54 Å². The van der Waals surface area contributed by atoms with Crippen molar-refractivity contribution in [3.05, 3.63) is 41.9 Å². The summed E-state index contributed by atoms with van der Waals surface area (Å²) in [6, 6.07) is 7.86. The van der Waals surface area contributed by atoms with Crippen LogP contribution in [0.2, 0.25) is 5.28 Å². The second-order valence-electron chi connectivity index (χ2n) is 4.70. The van der Waals surface area contributed by atoms with Crippen LogP contribution in [0.3, 0.4) is 0 Å². The Balaban J connectivity index is 2.07. The summed E-state index contributed by atoms with van der Waals surface area (Å²) in [6.45, 7) is 3.09. The topological polar surface area (TPSA) is 43.6 Å². The Kier molecular flexibility index (Phi) is 3.65. The highest BCUT2D eigenvalue weighted by molar-refractivity contribution is 6.28. The molecule has 0 aliphatic heterocycles. The van der Waals surface area contributed by atoms with Crippen molar-refractivity contribution in [1.29, 1.82) is 0 Å². The van der Waals surface area contributed by atoms with E-state index in [1.54, 1.807) is 0 Å². The first kappa shape index (κ1) is 13.1. The first-order valence-electron chi connectivity index (χ1n) is 6.73. The minimum absolute atomic E-state index is 0.264. The van der Waals surface area contributed by atoms with Gasteiger partial charge in [-0.15, -0.1) is 0 Å². The second kappa shape index (κ2) is 5.59. The molecule has 0 atom stereocenters. The average molecular weight is 287 g/mol. The van der Waals surface area contributed by atoms with E-state index in [1.807, 2.05) is 41.3 Å². The number of hydrogen-bond acceptors (Lipinski definition) is 3. The Bertz CT molecular complexity index is 736. The molecule has 0 bridgehead atoms. The van der Waals surface area contributed by atoms with E-state index < -0.39 is 0 Å². The molecule has 0 saturated carbocycles. The van der Waals surface area contributed by atoms with Gasteiger partial charge < -0.3 is 0 Å². The molecule has 0 N–H and O–H groups in total. The van der Waals surface area contributed by atoms with Crippen molar-refractivity contribution in [2.75, 3.05) is 0 Å². The molecule has 1 aromatic carbocycles. The standard InChI is InChI=1S/C15H15ClN4/c1-2-3-8-20-10-11(9-17-20)14-12-6-4-5-7-13(12)18-15(16)19-14/h4-7,9-10H,2-3,8H2,1H3. The van der Waals surface area contributed by atoms with Crippen LogP contribution in [0.15, 0.2) is 36.7 Å². The van der Waals surface area contributed by atoms with Crippen LogP contribution in [0.5, 0.6) is 0 Å². The van der Waals surface area contributed by atoms with E-state index >= 15 is 0 Å². The Morgan fingerprint density at radius 2 is 2.05 bits per heavy atom. The second-order valence-corrected chi connectivity index (χ2v) is 5.04. The normalized spacial score (nSPS) is 11.1. The van der Waals surface area contributed by atoms with Gasteiger partial charge in [-0.1, -0.05) is 31.5 Å². The molecule has 4 nitrogen and oxygen atoms in total. The van der Waals surface area contributed by atoms with Crippen molar-refractivity contribution in [3.8, 4) is 11.3 Å². The van der Waals surface area contributed by atoms with Crippen molar-refractivity contribution in [2.24, 2.45) is 0 Å². The number of halogens is 1. The quantitative estimate of drug-likeness (QED) is 0.682. The highest BCUT2D eigenvalue weighted by Gasteiger charge is 2.10. The van der Waals surface area contributed by atoms with Crippen molar-refractivity contribution in [3.63, 3.8) is 0 Å². The van der Waals surface area contributed by atoms with E-state index in [0.29, 0.717) is 0 Å². The summed E-state index contributed by atoms with van der Waals surface area (Å²) in [7, 11) is 0. The maximum absolute atomic E-state index is 6.01. The predicted octanol–water partition coefficient (Wildman–Crippen LogP) is 3.95. The van der Waals surface area contributed by atoms with Crippen LogP contribution in [0.25, 0.3) is 22.2 Å². The van der Waals surface area contributed by atoms with E-state index in [4.69, 9.17) is 11.6 Å². The van der Waals surface area contributed by atoms with E-state index in [1.165, 1.54) is 0 Å². The number of rotatable bonds is 4. The van der Waals surface area contributed by atoms with E-state index in [2.05, 4.69) is 22.0 Å². The molecule has 102 valence electrons. The molecule has 3 rings (SSSR count). The first-order valence-corrected chi connectivity index (χ1v) is 7.11. The molecule has 2 aromatic heterocycles. The Morgan fingerprint density at radius 1 is 1.20 bits per heavy atom. The molecule has 0 saturated heterocycles. The van der Waals surface area contributed by atoms with Crippen LogP contribution in [0.4, 0.5) is 0 Å². The van der Waals surface area contributed by atoms with Crippen molar-refractivity contribution in [2.45, 2.75) is 26.3 Å². The van der Waals surface area contributed by atoms with E-state index in [0.717, 1.165) is 41.5 Å². The number of aryl methyl sites for hydroxylation is 1. The lowest BCUT2D eigenvalue weighted by Crippen LogP contribution is -1.97. The SMILES string of the molecule is CCCCn1cc(-c2nc(Cl)nc3ccccc23)cn1. The summed E-state index contributed by atoms with van der Waals surface area (Å²) in [5.41, 5.74) is 2.66. The number of benzene rings is 1. The lowest BCUT2D eigenvalue weighted by molar-refractivity contribution is 0.572. The third-order valence-corrected chi connectivity index (χ3v) is 3.39. The molecule has 2 heterocycles. The third-order valence-electron chi connectivity index (χ3n) is 3.22. The summed E-state index contributed by atoms with van der Waals surface area (Å²) in [5.74, 6) is 0. The van der Waals surface area contributed by atoms with Crippen LogP contribution >= 0.6 is 11.6 Å². The van der Waals surface area contributed by atoms with Gasteiger partial charge >= 0.3 is 0 Å². The summed E-state index contributed by atoms with van der Waals surface area (Å²) in [5, 5.41) is 5.64. The average Bonchev–Trinajstić information content (AvgIpc) is 2.93. The maximum atomic E-state index is 6.01. The highest BCUT2D eigenvalue weighted by atomic mass is 35.5. The van der Waals surface area contributed by atoms with Crippen LogP contribution in [0, 0.1) is 0 Å². The molecule has 5 heteroatoms. The molecule has 0 radical (unpaired) electrons. The van der Waals surface area contributed by atoms with E-state index in [9.17, 15) is 0 Å². The Hall–Kier alpha value is -1.94. The Labute approximate surface area is 122 Å². The number of aromatic nitrogens is 4. The fourth-order valence-corrected chi connectivity index (χ4v) is 2.37. The highest BCUT2D eigenvalue weighted by Crippen LogP contribution is 2.26. The minimum Gasteiger partial charge on any atom is -0.272 e. The summed E-state index contributed by atoms with van der Waals surface area (Å²) < 4.78 is 1.95. The van der Waals surface area contributed by atoms with Crippen molar-refractivity contribution in [1.82, 2.24) is 19.7 Å². The zero-order valence-corrected chi connectivity index (χ0v) is 12.0. The van der Waals surface area contributed by atoms with Gasteiger partial charge in [0, 0.05) is 23.7 Å². The molecular weight excluding hydrogens is 272 g/mol. The number of para-hydroxylation sites is 1. The first-order chi connectivity index (χ1) is 9.78. The van der Waals surface area contributed by atoms with Gasteiger partial charge in [-0.3, -0.25) is 4.68 Å². The number of unbranched alkanes of at least 4 members (excludes halogenated alkanes) is 1. The van der Waals surface area contributed by atoms with Gasteiger partial charge in [-0.2, -0.15) is 5.10 Å². The lowest BCUT2D eigenvalue weighted by atomic mass is 10.1. The van der Waals surface area contributed by atoms with Gasteiger partial charge in [0.1, 0.15) is 0 Å². The van der Waals surface area contributed by atoms with Crippen LogP contribution in [0.1, 0.15) is 19.8 Å². The van der Waals surface area contributed by atoms with Gasteiger partial charge in [0.05, 0.1) is 17.4 Å². The van der Waals surface area contributed by atoms with Gasteiger partial charge in [0.25, 0.3) is 0 Å². The molecule has 0 spiro atoms. The van der Waals surface area contributed by atoms with Gasteiger partial charge in [-0.25, -0.2) is 9.97 Å². The number of hydrogen-bond donors (Lipinski definition) is 0. The van der Waals surface area contributed by atoms with E-state index in [-0.39, 0.29) is 5.28 Å². The van der Waals surface area contributed by atoms with Crippen LogP contribution in [-0.4, -0.2) is 19.7 Å². The van der Waals surface area contributed by atoms with Crippen molar-refractivity contribution < 1.29 is 0 Å². The molecular formula is C15H15ClN4. The zero-order valence-electron chi connectivity index (χ0n) is 11.3. The van der Waals surface area contributed by atoms with Crippen LogP contribution < -0.4 is 0 Å². The van der Waals surface area contributed by atoms with Gasteiger partial charge in [-0.05, 0) is 24.1 Å². The fraction of sp³-hybridized carbons (Fsp3) is 0.267. The molecule has 0 aliphatic carbocycles. The molecule has 0 unspecified atom stereocenters. The summed E-state index contributed by atoms with van der Waals surface area (Å²) in [6.07, 6.45) is 6.12.